The molecule has 148 valence electrons. The minimum atomic E-state index is -3.68. The second kappa shape index (κ2) is 7.67. The molecule has 0 radical (unpaired) electrons. The largest absolute Gasteiger partial charge is 0.586 e. The van der Waals surface area contributed by atoms with Crippen LogP contribution in [0.15, 0.2) is 40.6 Å². The number of carbonyl (C=O) groups is 1. The molecule has 0 saturated carbocycles. The van der Waals surface area contributed by atoms with Crippen molar-refractivity contribution in [2.45, 2.75) is 26.3 Å². The number of hydrogen-bond acceptors (Lipinski definition) is 7. The normalized spacial score (nSPS) is 20.1. The van der Waals surface area contributed by atoms with Gasteiger partial charge in [-0.25, -0.2) is 0 Å². The molecular formula is C18H19F2N5O3. The molecule has 1 amide bonds. The fourth-order valence-electron chi connectivity index (χ4n) is 2.68. The third-order valence-corrected chi connectivity index (χ3v) is 3.89. The molecule has 28 heavy (non-hydrogen) atoms. The van der Waals surface area contributed by atoms with Crippen molar-refractivity contribution in [1.29, 1.82) is 0 Å². The van der Waals surface area contributed by atoms with Crippen molar-refractivity contribution >= 4 is 23.5 Å². The number of aryl methyl sites for hydroxylation is 1. The van der Waals surface area contributed by atoms with Crippen molar-refractivity contribution in [3.63, 3.8) is 0 Å². The Balaban J connectivity index is 1.71. The Labute approximate surface area is 159 Å². The lowest BCUT2D eigenvalue weighted by Crippen LogP contribution is -2.47. The molecule has 0 spiro atoms. The number of nitrogens with two attached hydrogens (primary N) is 1. The van der Waals surface area contributed by atoms with Crippen molar-refractivity contribution in [3.8, 4) is 11.5 Å². The van der Waals surface area contributed by atoms with Crippen molar-refractivity contribution < 1.29 is 23.0 Å². The molecule has 0 fully saturated rings. The third kappa shape index (κ3) is 4.11. The van der Waals surface area contributed by atoms with Crippen LogP contribution in [0, 0.1) is 6.92 Å². The smallest absolute Gasteiger partial charge is 0.405 e. The van der Waals surface area contributed by atoms with E-state index in [1.165, 1.54) is 30.6 Å². The summed E-state index contributed by atoms with van der Waals surface area (Å²) in [5.74, 6) is -0.502. The molecule has 2 aliphatic heterocycles. The average molecular weight is 391 g/mol. The van der Waals surface area contributed by atoms with Crippen molar-refractivity contribution in [2.75, 3.05) is 6.54 Å². The molecule has 2 aliphatic rings. The highest BCUT2D eigenvalue weighted by Crippen LogP contribution is 2.43. The van der Waals surface area contributed by atoms with Crippen LogP contribution >= 0.6 is 0 Å². The van der Waals surface area contributed by atoms with Crippen LogP contribution in [-0.4, -0.2) is 36.8 Å². The Morgan fingerprint density at radius 2 is 2.14 bits per heavy atom. The molecule has 1 aromatic rings. The predicted octanol–water partition coefficient (Wildman–Crippen LogP) is 1.66. The maximum absolute atomic E-state index is 13.2. The van der Waals surface area contributed by atoms with Gasteiger partial charge in [0.1, 0.15) is 11.9 Å². The van der Waals surface area contributed by atoms with Gasteiger partial charge in [-0.05, 0) is 43.8 Å². The first-order valence-electron chi connectivity index (χ1n) is 8.48. The first-order chi connectivity index (χ1) is 13.3. The highest BCUT2D eigenvalue weighted by Gasteiger charge is 2.43. The Bertz CT molecular complexity index is 909. The minimum Gasteiger partial charge on any atom is -0.405 e. The van der Waals surface area contributed by atoms with E-state index in [4.69, 9.17) is 5.73 Å². The highest BCUT2D eigenvalue weighted by atomic mass is 19.3. The summed E-state index contributed by atoms with van der Waals surface area (Å²) >= 11 is 0. The quantitative estimate of drug-likeness (QED) is 0.662. The Hall–Kier alpha value is -3.43. The molecule has 0 aromatic heterocycles. The first kappa shape index (κ1) is 19.3. The van der Waals surface area contributed by atoms with Gasteiger partial charge in [0.15, 0.2) is 11.5 Å². The Morgan fingerprint density at radius 3 is 2.75 bits per heavy atom. The van der Waals surface area contributed by atoms with Gasteiger partial charge >= 0.3 is 6.29 Å². The average Bonchev–Trinajstić information content (AvgIpc) is 2.94. The molecule has 1 atom stereocenters. The van der Waals surface area contributed by atoms with E-state index >= 15 is 0 Å². The molecule has 0 bridgehead atoms. The van der Waals surface area contributed by atoms with E-state index < -0.39 is 18.4 Å². The summed E-state index contributed by atoms with van der Waals surface area (Å²) in [4.78, 5) is 20.6. The Morgan fingerprint density at radius 1 is 1.43 bits per heavy atom. The van der Waals surface area contributed by atoms with Crippen molar-refractivity contribution in [2.24, 2.45) is 15.7 Å². The summed E-state index contributed by atoms with van der Waals surface area (Å²) < 4.78 is 35.4. The van der Waals surface area contributed by atoms with Crippen LogP contribution in [0.1, 0.15) is 18.1 Å². The molecular weight excluding hydrogens is 372 g/mol. The summed E-state index contributed by atoms with van der Waals surface area (Å²) in [7, 11) is 0. The van der Waals surface area contributed by atoms with Crippen LogP contribution in [0.5, 0.6) is 11.5 Å². The van der Waals surface area contributed by atoms with E-state index in [9.17, 15) is 13.6 Å². The molecule has 3 rings (SSSR count). The molecule has 1 aromatic carbocycles. The fourth-order valence-corrected chi connectivity index (χ4v) is 2.68. The lowest BCUT2D eigenvalue weighted by Gasteiger charge is -2.20. The number of nitrogens with zero attached hydrogens (tertiary/aromatic N) is 2. The summed E-state index contributed by atoms with van der Waals surface area (Å²) in [5, 5.41) is 5.68. The number of fused-ring (bicyclic) bond motifs is 1. The monoisotopic (exact) mass is 391 g/mol. The standard InChI is InChI=1S/C18H19F2N5O3/c1-3-22-12(4-5-21)17(26)25-16-9-23-13(8-24-16)11-7-15-14(6-10(11)2)27-18(19,20)28-15/h4-9,16,24H,3,21H2,1-2H3,(H,25,26)/b5-4-,22-12?. The highest BCUT2D eigenvalue weighted by molar-refractivity contribution is 6.43. The number of ether oxygens (including phenoxy) is 2. The second-order valence-electron chi connectivity index (χ2n) is 5.93. The van der Waals surface area contributed by atoms with Gasteiger partial charge in [0.25, 0.3) is 5.91 Å². The third-order valence-electron chi connectivity index (χ3n) is 3.89. The molecule has 0 aliphatic carbocycles. The number of benzene rings is 1. The molecule has 8 nitrogen and oxygen atoms in total. The summed E-state index contributed by atoms with van der Waals surface area (Å²) in [6, 6.07) is 2.90. The zero-order valence-electron chi connectivity index (χ0n) is 15.2. The maximum atomic E-state index is 13.2. The number of nitrogens with one attached hydrogen (secondary N) is 2. The number of alkyl halides is 2. The van der Waals surface area contributed by atoms with Crippen molar-refractivity contribution in [1.82, 2.24) is 10.6 Å². The molecule has 0 saturated heterocycles. The van der Waals surface area contributed by atoms with Crippen molar-refractivity contribution in [3.05, 3.63) is 41.7 Å². The van der Waals surface area contributed by atoms with Crippen LogP contribution in [0.2, 0.25) is 0 Å². The van der Waals surface area contributed by atoms with Crippen LogP contribution < -0.4 is 25.8 Å². The van der Waals surface area contributed by atoms with Crippen LogP contribution in [0.4, 0.5) is 8.78 Å². The zero-order valence-corrected chi connectivity index (χ0v) is 15.2. The van der Waals surface area contributed by atoms with Gasteiger partial charge in [-0.1, -0.05) is 0 Å². The van der Waals surface area contributed by atoms with Gasteiger partial charge < -0.3 is 25.8 Å². The number of carbonyl (C=O) groups excluding carboxylic acids is 1. The first-order valence-corrected chi connectivity index (χ1v) is 8.48. The van der Waals surface area contributed by atoms with E-state index in [-0.39, 0.29) is 17.2 Å². The van der Waals surface area contributed by atoms with E-state index in [0.717, 1.165) is 0 Å². The molecule has 10 heteroatoms. The lowest BCUT2D eigenvalue weighted by molar-refractivity contribution is -0.286. The molecule has 2 heterocycles. The number of halogens is 2. The maximum Gasteiger partial charge on any atom is 0.586 e. The second-order valence-corrected chi connectivity index (χ2v) is 5.93. The van der Waals surface area contributed by atoms with Crippen LogP contribution in [-0.2, 0) is 4.79 Å². The SMILES string of the molecule is CCN=C(/C=C\N)C(=O)NC1C=NC(c2cc3c(cc2C)OC(F)(F)O3)=CN1. The van der Waals surface area contributed by atoms with E-state index in [2.05, 4.69) is 30.1 Å². The predicted molar refractivity (Wildman–Crippen MR) is 100 cm³/mol. The lowest BCUT2D eigenvalue weighted by atomic mass is 10.0. The number of amides is 1. The number of rotatable bonds is 5. The topological polar surface area (TPSA) is 110 Å². The van der Waals surface area contributed by atoms with E-state index in [0.29, 0.717) is 23.4 Å². The summed E-state index contributed by atoms with van der Waals surface area (Å²) in [5.41, 5.74) is 7.28. The van der Waals surface area contributed by atoms with Gasteiger partial charge in [0, 0.05) is 24.5 Å². The van der Waals surface area contributed by atoms with Gasteiger partial charge in [-0.3, -0.25) is 14.8 Å². The minimum absolute atomic E-state index is 0.0274. The van der Waals surface area contributed by atoms with Gasteiger partial charge in [-0.2, -0.15) is 0 Å². The summed E-state index contributed by atoms with van der Waals surface area (Å²) in [6.45, 7) is 3.98. The van der Waals surface area contributed by atoms with Crippen LogP contribution in [0.25, 0.3) is 5.70 Å². The summed E-state index contributed by atoms with van der Waals surface area (Å²) in [6.07, 6.45) is 1.46. The number of aliphatic imine (C=N–C) groups is 2. The fraction of sp³-hybridized carbons (Fsp3) is 0.278. The Kier molecular flexibility index (Phi) is 5.30. The van der Waals surface area contributed by atoms with E-state index in [1.54, 1.807) is 20.0 Å². The van der Waals surface area contributed by atoms with Crippen LogP contribution in [0.3, 0.4) is 0 Å². The van der Waals surface area contributed by atoms with Gasteiger partial charge in [-0.15, -0.1) is 8.78 Å². The van der Waals surface area contributed by atoms with E-state index in [1.807, 2.05) is 0 Å². The zero-order chi connectivity index (χ0) is 20.3. The number of hydrogen-bond donors (Lipinski definition) is 3. The molecule has 4 N–H and O–H groups in total. The molecule has 1 unspecified atom stereocenters. The van der Waals surface area contributed by atoms with Gasteiger partial charge in [0.05, 0.1) is 5.70 Å². The van der Waals surface area contributed by atoms with Gasteiger partial charge in [0.2, 0.25) is 0 Å².